The number of carbonyl (C=O) groups is 2. The van der Waals surface area contributed by atoms with Gasteiger partial charge in [-0.05, 0) is 55.7 Å². The van der Waals surface area contributed by atoms with Crippen LogP contribution in [0.1, 0.15) is 35.3 Å². The Morgan fingerprint density at radius 1 is 1.04 bits per heavy atom. The fourth-order valence-corrected chi connectivity index (χ4v) is 3.05. The van der Waals surface area contributed by atoms with Gasteiger partial charge in [0.25, 0.3) is 0 Å². The summed E-state index contributed by atoms with van der Waals surface area (Å²) in [5, 5.41) is 2.94. The van der Waals surface area contributed by atoms with Gasteiger partial charge in [-0.15, -0.1) is 0 Å². The van der Waals surface area contributed by atoms with E-state index < -0.39 is 0 Å². The molecule has 24 heavy (non-hydrogen) atoms. The number of rotatable bonds is 4. The van der Waals surface area contributed by atoms with Crippen molar-refractivity contribution in [2.75, 3.05) is 11.9 Å². The van der Waals surface area contributed by atoms with Gasteiger partial charge in [-0.25, -0.2) is 0 Å². The van der Waals surface area contributed by atoms with Crippen molar-refractivity contribution in [2.45, 2.75) is 32.9 Å². The lowest BCUT2D eigenvalue weighted by atomic mass is 9.99. The minimum Gasteiger partial charge on any atom is -0.325 e. The third-order valence-electron chi connectivity index (χ3n) is 4.65. The van der Waals surface area contributed by atoms with Crippen molar-refractivity contribution in [1.82, 2.24) is 4.90 Å². The summed E-state index contributed by atoms with van der Waals surface area (Å²) in [7, 11) is 0. The number of ketones is 1. The van der Waals surface area contributed by atoms with Crippen molar-refractivity contribution in [3.8, 4) is 0 Å². The van der Waals surface area contributed by atoms with E-state index in [1.54, 1.807) is 24.3 Å². The van der Waals surface area contributed by atoms with Gasteiger partial charge < -0.3 is 5.32 Å². The van der Waals surface area contributed by atoms with E-state index in [0.717, 1.165) is 19.5 Å². The molecule has 3 rings (SSSR count). The normalized spacial score (nSPS) is 15.4. The second-order valence-corrected chi connectivity index (χ2v) is 6.29. The van der Waals surface area contributed by atoms with Gasteiger partial charge in [-0.3, -0.25) is 14.5 Å². The van der Waals surface area contributed by atoms with E-state index in [1.165, 1.54) is 18.1 Å². The summed E-state index contributed by atoms with van der Waals surface area (Å²) in [6.07, 6.45) is 0.973. The predicted octanol–water partition coefficient (Wildman–Crippen LogP) is 3.27. The van der Waals surface area contributed by atoms with Crippen LogP contribution in [0.3, 0.4) is 0 Å². The lowest BCUT2D eigenvalue weighted by Gasteiger charge is -2.32. The molecule has 1 atom stereocenters. The lowest BCUT2D eigenvalue weighted by Crippen LogP contribution is -2.44. The Balaban J connectivity index is 1.64. The first-order valence-corrected chi connectivity index (χ1v) is 8.27. The van der Waals surface area contributed by atoms with E-state index in [4.69, 9.17) is 0 Å². The van der Waals surface area contributed by atoms with E-state index in [-0.39, 0.29) is 17.7 Å². The molecule has 0 aromatic heterocycles. The van der Waals surface area contributed by atoms with Crippen molar-refractivity contribution in [3.05, 3.63) is 65.2 Å². The largest absolute Gasteiger partial charge is 0.325 e. The molecule has 0 spiro atoms. The van der Waals surface area contributed by atoms with Crippen molar-refractivity contribution in [2.24, 2.45) is 0 Å². The molecule has 124 valence electrons. The summed E-state index contributed by atoms with van der Waals surface area (Å²) in [5.74, 6) is -0.00168. The summed E-state index contributed by atoms with van der Waals surface area (Å²) in [6.45, 7) is 5.15. The number of nitrogens with zero attached hydrogens (tertiary/aromatic N) is 1. The number of benzene rings is 2. The number of hydrogen-bond acceptors (Lipinski definition) is 3. The summed E-state index contributed by atoms with van der Waals surface area (Å²) in [4.78, 5) is 26.0. The van der Waals surface area contributed by atoms with Crippen LogP contribution in [0.25, 0.3) is 0 Å². The summed E-state index contributed by atoms with van der Waals surface area (Å²) in [6, 6.07) is 15.2. The van der Waals surface area contributed by atoms with Crippen LogP contribution in [0, 0.1) is 0 Å². The monoisotopic (exact) mass is 322 g/mol. The number of fused-ring (bicyclic) bond motifs is 1. The Bertz CT molecular complexity index is 752. The second-order valence-electron chi connectivity index (χ2n) is 6.29. The fraction of sp³-hybridized carbons (Fsp3) is 0.300. The zero-order chi connectivity index (χ0) is 17.1. The average molecular weight is 322 g/mol. The molecule has 0 unspecified atom stereocenters. The molecule has 0 aliphatic carbocycles. The van der Waals surface area contributed by atoms with Gasteiger partial charge in [0, 0.05) is 24.3 Å². The number of Topliss-reactive ketones (excluding diaryl/α,β-unsaturated/α-hetero) is 1. The number of anilines is 1. The van der Waals surface area contributed by atoms with Gasteiger partial charge in [0.1, 0.15) is 0 Å². The molecular weight excluding hydrogens is 300 g/mol. The topological polar surface area (TPSA) is 49.4 Å². The van der Waals surface area contributed by atoms with Gasteiger partial charge in [0.15, 0.2) is 5.78 Å². The van der Waals surface area contributed by atoms with E-state index in [9.17, 15) is 9.59 Å². The Morgan fingerprint density at radius 2 is 1.71 bits per heavy atom. The summed E-state index contributed by atoms with van der Waals surface area (Å²) >= 11 is 0. The third kappa shape index (κ3) is 3.54. The minimum atomic E-state index is -0.203. The number of hydrogen-bond donors (Lipinski definition) is 1. The number of amides is 1. The van der Waals surface area contributed by atoms with E-state index in [2.05, 4.69) is 28.4 Å². The molecular formula is C20H22N2O2. The van der Waals surface area contributed by atoms with Crippen LogP contribution in [-0.4, -0.2) is 29.2 Å². The standard InChI is InChI=1S/C20H22N2O2/c1-14(22-12-11-17-5-3-4-6-18(17)13-22)20(24)21-19-9-7-16(8-10-19)15(2)23/h3-10,14H,11-13H2,1-2H3,(H,21,24)/t14-/m0/s1. The first-order chi connectivity index (χ1) is 11.5. The highest BCUT2D eigenvalue weighted by Gasteiger charge is 2.25. The van der Waals surface area contributed by atoms with Crippen LogP contribution in [-0.2, 0) is 17.8 Å². The molecule has 1 heterocycles. The zero-order valence-corrected chi connectivity index (χ0v) is 14.1. The molecule has 0 saturated heterocycles. The highest BCUT2D eigenvalue weighted by molar-refractivity contribution is 5.97. The smallest absolute Gasteiger partial charge is 0.241 e. The molecule has 1 amide bonds. The Labute approximate surface area is 142 Å². The Hall–Kier alpha value is -2.46. The summed E-state index contributed by atoms with van der Waals surface area (Å²) < 4.78 is 0. The Kier molecular flexibility index (Phi) is 4.76. The molecule has 0 saturated carbocycles. The molecule has 0 radical (unpaired) electrons. The second kappa shape index (κ2) is 6.97. The predicted molar refractivity (Wildman–Crippen MR) is 95.1 cm³/mol. The molecule has 4 nitrogen and oxygen atoms in total. The molecule has 0 fully saturated rings. The highest BCUT2D eigenvalue weighted by atomic mass is 16.2. The molecule has 1 aliphatic heterocycles. The van der Waals surface area contributed by atoms with Crippen LogP contribution >= 0.6 is 0 Å². The van der Waals surface area contributed by atoms with Gasteiger partial charge in [-0.2, -0.15) is 0 Å². The number of nitrogens with one attached hydrogen (secondary N) is 1. The highest BCUT2D eigenvalue weighted by Crippen LogP contribution is 2.21. The fourth-order valence-electron chi connectivity index (χ4n) is 3.05. The maximum Gasteiger partial charge on any atom is 0.241 e. The first-order valence-electron chi connectivity index (χ1n) is 8.27. The number of carbonyl (C=O) groups excluding carboxylic acids is 2. The van der Waals surface area contributed by atoms with Gasteiger partial charge in [-0.1, -0.05) is 24.3 Å². The van der Waals surface area contributed by atoms with Gasteiger partial charge in [0.2, 0.25) is 5.91 Å². The lowest BCUT2D eigenvalue weighted by molar-refractivity contribution is -0.121. The van der Waals surface area contributed by atoms with Gasteiger partial charge in [0.05, 0.1) is 6.04 Å². The molecule has 1 N–H and O–H groups in total. The molecule has 1 aliphatic rings. The van der Waals surface area contributed by atoms with Crippen LogP contribution in [0.15, 0.2) is 48.5 Å². The summed E-state index contributed by atoms with van der Waals surface area (Å²) in [5.41, 5.74) is 4.04. The van der Waals surface area contributed by atoms with Crippen molar-refractivity contribution in [3.63, 3.8) is 0 Å². The average Bonchev–Trinajstić information content (AvgIpc) is 2.61. The maximum atomic E-state index is 12.5. The molecule has 0 bridgehead atoms. The molecule has 4 heteroatoms. The van der Waals surface area contributed by atoms with Crippen molar-refractivity contribution >= 4 is 17.4 Å². The Morgan fingerprint density at radius 3 is 2.38 bits per heavy atom. The zero-order valence-electron chi connectivity index (χ0n) is 14.1. The van der Waals surface area contributed by atoms with Crippen LogP contribution in [0.2, 0.25) is 0 Å². The van der Waals surface area contributed by atoms with E-state index >= 15 is 0 Å². The van der Waals surface area contributed by atoms with Crippen molar-refractivity contribution in [1.29, 1.82) is 0 Å². The van der Waals surface area contributed by atoms with Gasteiger partial charge >= 0.3 is 0 Å². The van der Waals surface area contributed by atoms with E-state index in [1.807, 2.05) is 13.0 Å². The third-order valence-corrected chi connectivity index (χ3v) is 4.65. The first kappa shape index (κ1) is 16.4. The van der Waals surface area contributed by atoms with Crippen LogP contribution < -0.4 is 5.32 Å². The SMILES string of the molecule is CC(=O)c1ccc(NC(=O)[C@H](C)N2CCc3ccccc3C2)cc1. The molecule has 2 aromatic carbocycles. The quantitative estimate of drug-likeness (QED) is 0.879. The van der Waals surface area contributed by atoms with Crippen LogP contribution in [0.5, 0.6) is 0 Å². The van der Waals surface area contributed by atoms with E-state index in [0.29, 0.717) is 11.3 Å². The molecule has 2 aromatic rings. The van der Waals surface area contributed by atoms with Crippen LogP contribution in [0.4, 0.5) is 5.69 Å². The van der Waals surface area contributed by atoms with Crippen molar-refractivity contribution < 1.29 is 9.59 Å². The minimum absolute atomic E-state index is 0.0215. The maximum absolute atomic E-state index is 12.5.